The second-order valence-electron chi connectivity index (χ2n) is 5.87. The van der Waals surface area contributed by atoms with Crippen molar-refractivity contribution in [1.82, 2.24) is 0 Å². The molecule has 0 aromatic heterocycles. The predicted molar refractivity (Wildman–Crippen MR) is 65.5 cm³/mol. The number of rotatable bonds is 4. The van der Waals surface area contributed by atoms with E-state index in [9.17, 15) is 13.5 Å². The molecule has 0 aromatic carbocycles. The lowest BCUT2D eigenvalue weighted by Crippen LogP contribution is -2.30. The van der Waals surface area contributed by atoms with Crippen LogP contribution in [0.1, 0.15) is 6.42 Å². The SMILES string of the molecule is C[Si](C)(C)CC(CO)C1CCS(=O)(=O)C1. The molecule has 2 unspecified atom stereocenters. The summed E-state index contributed by atoms with van der Waals surface area (Å²) in [6, 6.07) is 1.03. The zero-order chi connectivity index (χ0) is 11.7. The van der Waals surface area contributed by atoms with E-state index < -0.39 is 17.9 Å². The van der Waals surface area contributed by atoms with Gasteiger partial charge in [-0.3, -0.25) is 0 Å². The molecule has 3 nitrogen and oxygen atoms in total. The van der Waals surface area contributed by atoms with Crippen LogP contribution < -0.4 is 0 Å². The van der Waals surface area contributed by atoms with E-state index in [0.29, 0.717) is 11.5 Å². The first-order chi connectivity index (χ1) is 6.73. The molecule has 0 aromatic rings. The van der Waals surface area contributed by atoms with Gasteiger partial charge in [-0.25, -0.2) is 8.42 Å². The first-order valence-electron chi connectivity index (χ1n) is 5.55. The van der Waals surface area contributed by atoms with Crippen LogP contribution in [-0.4, -0.2) is 39.7 Å². The van der Waals surface area contributed by atoms with Crippen molar-refractivity contribution in [2.24, 2.45) is 11.8 Å². The number of aliphatic hydroxyl groups excluding tert-OH is 1. The van der Waals surface area contributed by atoms with Crippen LogP contribution in [-0.2, 0) is 9.84 Å². The van der Waals surface area contributed by atoms with Crippen LogP contribution in [0.4, 0.5) is 0 Å². The van der Waals surface area contributed by atoms with Crippen molar-refractivity contribution in [2.75, 3.05) is 18.1 Å². The maximum absolute atomic E-state index is 11.4. The monoisotopic (exact) mass is 250 g/mol. The first kappa shape index (κ1) is 13.2. The maximum atomic E-state index is 11.4. The van der Waals surface area contributed by atoms with Gasteiger partial charge < -0.3 is 5.11 Å². The van der Waals surface area contributed by atoms with Crippen LogP contribution in [0.3, 0.4) is 0 Å². The molecule has 0 amide bonds. The standard InChI is InChI=1S/C10H22O3SSi/c1-15(2,3)8-10(6-11)9-4-5-14(12,13)7-9/h9-11H,4-8H2,1-3H3. The van der Waals surface area contributed by atoms with Crippen molar-refractivity contribution in [3.63, 3.8) is 0 Å². The quantitative estimate of drug-likeness (QED) is 0.767. The van der Waals surface area contributed by atoms with Gasteiger partial charge in [-0.1, -0.05) is 25.7 Å². The molecule has 0 spiro atoms. The molecule has 1 rings (SSSR count). The lowest BCUT2D eigenvalue weighted by molar-refractivity contribution is 0.197. The Kier molecular flexibility index (Phi) is 4.00. The summed E-state index contributed by atoms with van der Waals surface area (Å²) in [5, 5.41) is 9.35. The van der Waals surface area contributed by atoms with Crippen LogP contribution in [0.5, 0.6) is 0 Å². The van der Waals surface area contributed by atoms with Crippen molar-refractivity contribution < 1.29 is 13.5 Å². The lowest BCUT2D eigenvalue weighted by atomic mass is 9.94. The van der Waals surface area contributed by atoms with Crippen molar-refractivity contribution in [1.29, 1.82) is 0 Å². The van der Waals surface area contributed by atoms with Crippen molar-refractivity contribution >= 4 is 17.9 Å². The largest absolute Gasteiger partial charge is 0.396 e. The summed E-state index contributed by atoms with van der Waals surface area (Å²) < 4.78 is 22.7. The molecule has 2 atom stereocenters. The van der Waals surface area contributed by atoms with Gasteiger partial charge in [0.05, 0.1) is 11.5 Å². The minimum Gasteiger partial charge on any atom is -0.396 e. The van der Waals surface area contributed by atoms with Crippen molar-refractivity contribution in [3.8, 4) is 0 Å². The average molecular weight is 250 g/mol. The molecule has 15 heavy (non-hydrogen) atoms. The number of aliphatic hydroxyl groups is 1. The number of hydrogen-bond donors (Lipinski definition) is 1. The molecule has 0 bridgehead atoms. The normalized spacial score (nSPS) is 27.9. The Morgan fingerprint density at radius 2 is 2.00 bits per heavy atom. The summed E-state index contributed by atoms with van der Waals surface area (Å²) in [5.41, 5.74) is 0. The van der Waals surface area contributed by atoms with Crippen LogP contribution in [0.15, 0.2) is 0 Å². The summed E-state index contributed by atoms with van der Waals surface area (Å²) in [4.78, 5) is 0. The Labute approximate surface area is 93.8 Å². The van der Waals surface area contributed by atoms with Gasteiger partial charge >= 0.3 is 0 Å². The van der Waals surface area contributed by atoms with E-state index in [2.05, 4.69) is 19.6 Å². The molecule has 1 heterocycles. The van der Waals surface area contributed by atoms with Crippen LogP contribution in [0.25, 0.3) is 0 Å². The molecule has 1 aliphatic heterocycles. The third-order valence-corrected chi connectivity index (χ3v) is 6.59. The fourth-order valence-electron chi connectivity index (χ4n) is 2.36. The van der Waals surface area contributed by atoms with Crippen LogP contribution in [0.2, 0.25) is 25.7 Å². The molecule has 1 aliphatic rings. The molecule has 90 valence electrons. The van der Waals surface area contributed by atoms with E-state index in [0.717, 1.165) is 12.5 Å². The fraction of sp³-hybridized carbons (Fsp3) is 1.00. The first-order valence-corrected chi connectivity index (χ1v) is 11.1. The molecule has 1 fully saturated rings. The molecular weight excluding hydrogens is 228 g/mol. The highest BCUT2D eigenvalue weighted by Gasteiger charge is 2.35. The topological polar surface area (TPSA) is 54.4 Å². The average Bonchev–Trinajstić information content (AvgIpc) is 2.40. The van der Waals surface area contributed by atoms with E-state index in [1.165, 1.54) is 0 Å². The Balaban J connectivity index is 2.61. The third kappa shape index (κ3) is 4.24. The smallest absolute Gasteiger partial charge is 0.150 e. The minimum atomic E-state index is -2.80. The van der Waals surface area contributed by atoms with Gasteiger partial charge in [-0.15, -0.1) is 0 Å². The predicted octanol–water partition coefficient (Wildman–Crippen LogP) is 1.37. The zero-order valence-electron chi connectivity index (χ0n) is 9.86. The fourth-order valence-corrected chi connectivity index (χ4v) is 6.32. The van der Waals surface area contributed by atoms with Gasteiger partial charge in [0, 0.05) is 14.7 Å². The molecule has 5 heteroatoms. The van der Waals surface area contributed by atoms with Gasteiger partial charge in [0.2, 0.25) is 0 Å². The van der Waals surface area contributed by atoms with Gasteiger partial charge in [-0.05, 0) is 18.3 Å². The molecular formula is C10H22O3SSi. The molecule has 0 radical (unpaired) electrons. The van der Waals surface area contributed by atoms with E-state index >= 15 is 0 Å². The highest BCUT2D eigenvalue weighted by atomic mass is 32.2. The summed E-state index contributed by atoms with van der Waals surface area (Å²) in [5.74, 6) is 1.02. The third-order valence-electron chi connectivity index (χ3n) is 3.04. The minimum absolute atomic E-state index is 0.143. The molecule has 0 saturated carbocycles. The van der Waals surface area contributed by atoms with Gasteiger partial charge in [0.15, 0.2) is 9.84 Å². The second-order valence-corrected chi connectivity index (χ2v) is 13.6. The number of sulfone groups is 1. The van der Waals surface area contributed by atoms with E-state index in [1.54, 1.807) is 0 Å². The molecule has 1 saturated heterocycles. The van der Waals surface area contributed by atoms with Crippen LogP contribution >= 0.6 is 0 Å². The van der Waals surface area contributed by atoms with E-state index in [4.69, 9.17) is 0 Å². The maximum Gasteiger partial charge on any atom is 0.150 e. The summed E-state index contributed by atoms with van der Waals surface area (Å²) >= 11 is 0. The lowest BCUT2D eigenvalue weighted by Gasteiger charge is -2.26. The molecule has 1 N–H and O–H groups in total. The van der Waals surface area contributed by atoms with Gasteiger partial charge in [0.25, 0.3) is 0 Å². The van der Waals surface area contributed by atoms with Crippen molar-refractivity contribution in [3.05, 3.63) is 0 Å². The zero-order valence-corrected chi connectivity index (χ0v) is 11.7. The Bertz CT molecular complexity index is 305. The number of hydrogen-bond acceptors (Lipinski definition) is 3. The van der Waals surface area contributed by atoms with Gasteiger partial charge in [-0.2, -0.15) is 0 Å². The van der Waals surface area contributed by atoms with Crippen LogP contribution in [0, 0.1) is 11.8 Å². The molecule has 0 aliphatic carbocycles. The second kappa shape index (κ2) is 4.55. The Morgan fingerprint density at radius 3 is 2.33 bits per heavy atom. The Hall–Kier alpha value is 0.127. The van der Waals surface area contributed by atoms with E-state index in [-0.39, 0.29) is 18.4 Å². The Morgan fingerprint density at radius 1 is 1.40 bits per heavy atom. The highest BCUT2D eigenvalue weighted by molar-refractivity contribution is 7.91. The summed E-state index contributed by atoms with van der Waals surface area (Å²) in [6.07, 6.45) is 0.748. The van der Waals surface area contributed by atoms with E-state index in [1.807, 2.05) is 0 Å². The van der Waals surface area contributed by atoms with Gasteiger partial charge in [0.1, 0.15) is 0 Å². The van der Waals surface area contributed by atoms with Crippen molar-refractivity contribution in [2.45, 2.75) is 32.1 Å². The summed E-state index contributed by atoms with van der Waals surface area (Å²) in [7, 11) is -4.01. The summed E-state index contributed by atoms with van der Waals surface area (Å²) in [6.45, 7) is 6.93. The highest BCUT2D eigenvalue weighted by Crippen LogP contribution is 2.31.